The molecule has 0 spiro atoms. The molecule has 4 heteroatoms. The molecule has 3 rings (SSSR count). The van der Waals surface area contributed by atoms with E-state index in [9.17, 15) is 0 Å². The molecule has 2 aromatic rings. The molecule has 4 nitrogen and oxygen atoms in total. The van der Waals surface area contributed by atoms with Crippen molar-refractivity contribution in [3.05, 3.63) is 30.6 Å². The second kappa shape index (κ2) is 5.90. The van der Waals surface area contributed by atoms with Gasteiger partial charge in [-0.25, -0.2) is 0 Å². The second-order valence-electron chi connectivity index (χ2n) is 5.97. The number of benzene rings is 1. The second-order valence-corrected chi connectivity index (χ2v) is 5.97. The van der Waals surface area contributed by atoms with E-state index in [1.165, 1.54) is 17.5 Å². The van der Waals surface area contributed by atoms with Crippen molar-refractivity contribution in [1.29, 1.82) is 0 Å². The highest BCUT2D eigenvalue weighted by molar-refractivity contribution is 6.00. The van der Waals surface area contributed by atoms with Crippen LogP contribution in [0.1, 0.15) is 19.8 Å². The lowest BCUT2D eigenvalue weighted by atomic mass is 10.1. The Labute approximate surface area is 126 Å². The maximum absolute atomic E-state index is 6.12. The highest BCUT2D eigenvalue weighted by Gasteiger charge is 2.23. The fraction of sp³-hybridized carbons (Fsp3) is 0.471. The van der Waals surface area contributed by atoms with Crippen molar-refractivity contribution in [2.24, 2.45) is 0 Å². The molecule has 1 aliphatic rings. The lowest BCUT2D eigenvalue weighted by Gasteiger charge is -2.33. The van der Waals surface area contributed by atoms with Crippen molar-refractivity contribution in [2.75, 3.05) is 37.3 Å². The maximum atomic E-state index is 6.12. The van der Waals surface area contributed by atoms with E-state index in [0.717, 1.165) is 37.1 Å². The average Bonchev–Trinajstić information content (AvgIpc) is 2.69. The van der Waals surface area contributed by atoms with Crippen molar-refractivity contribution in [2.45, 2.75) is 25.8 Å². The highest BCUT2D eigenvalue weighted by atomic mass is 15.2. The van der Waals surface area contributed by atoms with E-state index in [0.29, 0.717) is 6.04 Å². The predicted molar refractivity (Wildman–Crippen MR) is 89.7 cm³/mol. The van der Waals surface area contributed by atoms with Gasteiger partial charge in [0, 0.05) is 53.7 Å². The first-order valence-corrected chi connectivity index (χ1v) is 7.78. The molecule has 1 aliphatic heterocycles. The molecule has 1 unspecified atom stereocenters. The Balaban J connectivity index is 2.08. The smallest absolute Gasteiger partial charge is 0.0466 e. The van der Waals surface area contributed by atoms with E-state index in [2.05, 4.69) is 34.8 Å². The molecular formula is C17H24N4. The standard InChI is InChI=1S/C17H24N4/c1-3-13-12-20(2)9-4-10-21(13)17-6-5-16(18)14-7-8-19-11-15(14)17/h5-8,11,13H,3-4,9-10,12,18H2,1-2H3. The van der Waals surface area contributed by atoms with Crippen LogP contribution in [0.25, 0.3) is 10.8 Å². The van der Waals surface area contributed by atoms with Gasteiger partial charge in [0.05, 0.1) is 0 Å². The average molecular weight is 284 g/mol. The van der Waals surface area contributed by atoms with E-state index >= 15 is 0 Å². The van der Waals surface area contributed by atoms with Gasteiger partial charge in [-0.15, -0.1) is 0 Å². The minimum Gasteiger partial charge on any atom is -0.398 e. The van der Waals surface area contributed by atoms with Gasteiger partial charge >= 0.3 is 0 Å². The topological polar surface area (TPSA) is 45.4 Å². The zero-order chi connectivity index (χ0) is 14.8. The Bertz CT molecular complexity index is 625. The molecule has 2 N–H and O–H groups in total. The van der Waals surface area contributed by atoms with Crippen LogP contribution >= 0.6 is 0 Å². The van der Waals surface area contributed by atoms with Gasteiger partial charge in [-0.3, -0.25) is 4.98 Å². The minimum atomic E-state index is 0.546. The summed E-state index contributed by atoms with van der Waals surface area (Å²) in [5, 5.41) is 2.27. The number of nitrogen functional groups attached to an aromatic ring is 1. The van der Waals surface area contributed by atoms with Crippen molar-refractivity contribution in [3.63, 3.8) is 0 Å². The summed E-state index contributed by atoms with van der Waals surface area (Å²) in [5.74, 6) is 0. The van der Waals surface area contributed by atoms with Crippen LogP contribution < -0.4 is 10.6 Å². The number of nitrogens with zero attached hydrogens (tertiary/aromatic N) is 3. The number of likely N-dealkylation sites (N-methyl/N-ethyl adjacent to an activating group) is 1. The Morgan fingerprint density at radius 1 is 1.24 bits per heavy atom. The summed E-state index contributed by atoms with van der Waals surface area (Å²) in [6.45, 7) is 5.64. The molecule has 0 saturated carbocycles. The number of hydrogen-bond donors (Lipinski definition) is 1. The fourth-order valence-electron chi connectivity index (χ4n) is 3.36. The van der Waals surface area contributed by atoms with Gasteiger partial charge in [-0.05, 0) is 44.6 Å². The third-order valence-electron chi connectivity index (χ3n) is 4.51. The van der Waals surface area contributed by atoms with Crippen LogP contribution in [-0.2, 0) is 0 Å². The van der Waals surface area contributed by atoms with Crippen LogP contribution in [0.2, 0.25) is 0 Å². The summed E-state index contributed by atoms with van der Waals surface area (Å²) in [7, 11) is 2.22. The van der Waals surface area contributed by atoms with Crippen molar-refractivity contribution >= 4 is 22.1 Å². The summed E-state index contributed by atoms with van der Waals surface area (Å²) in [6.07, 6.45) is 6.11. The first-order valence-electron chi connectivity index (χ1n) is 7.78. The predicted octanol–water partition coefficient (Wildman–Crippen LogP) is 2.74. The summed E-state index contributed by atoms with van der Waals surface area (Å²) in [5.41, 5.74) is 8.22. The zero-order valence-electron chi connectivity index (χ0n) is 12.9. The highest BCUT2D eigenvalue weighted by Crippen LogP contribution is 2.32. The van der Waals surface area contributed by atoms with Crippen LogP contribution in [0.5, 0.6) is 0 Å². The lowest BCUT2D eigenvalue weighted by molar-refractivity contribution is 0.328. The molecule has 0 bridgehead atoms. The van der Waals surface area contributed by atoms with Gasteiger partial charge in [-0.1, -0.05) is 6.92 Å². The maximum Gasteiger partial charge on any atom is 0.0466 e. The molecule has 21 heavy (non-hydrogen) atoms. The van der Waals surface area contributed by atoms with Gasteiger partial charge in [-0.2, -0.15) is 0 Å². The van der Waals surface area contributed by atoms with Crippen LogP contribution in [-0.4, -0.2) is 42.6 Å². The molecule has 0 amide bonds. The first-order chi connectivity index (χ1) is 10.2. The van der Waals surface area contributed by atoms with Crippen LogP contribution in [0.15, 0.2) is 30.6 Å². The monoisotopic (exact) mass is 284 g/mol. The molecule has 0 aliphatic carbocycles. The largest absolute Gasteiger partial charge is 0.398 e. The molecule has 1 aromatic carbocycles. The van der Waals surface area contributed by atoms with Crippen LogP contribution in [0, 0.1) is 0 Å². The van der Waals surface area contributed by atoms with Gasteiger partial charge in [0.15, 0.2) is 0 Å². The summed E-state index contributed by atoms with van der Waals surface area (Å²) >= 11 is 0. The van der Waals surface area contributed by atoms with Gasteiger partial charge < -0.3 is 15.5 Å². The third-order valence-corrected chi connectivity index (χ3v) is 4.51. The van der Waals surface area contributed by atoms with Gasteiger partial charge in [0.25, 0.3) is 0 Å². The molecule has 2 heterocycles. The Hall–Kier alpha value is -1.81. The Morgan fingerprint density at radius 2 is 2.10 bits per heavy atom. The number of rotatable bonds is 2. The lowest BCUT2D eigenvalue weighted by Crippen LogP contribution is -2.39. The number of hydrogen-bond acceptors (Lipinski definition) is 4. The number of aromatic nitrogens is 1. The Morgan fingerprint density at radius 3 is 2.90 bits per heavy atom. The zero-order valence-corrected chi connectivity index (χ0v) is 12.9. The van der Waals surface area contributed by atoms with Crippen LogP contribution in [0.4, 0.5) is 11.4 Å². The van der Waals surface area contributed by atoms with Crippen molar-refractivity contribution < 1.29 is 0 Å². The first kappa shape index (κ1) is 14.1. The number of anilines is 2. The molecule has 112 valence electrons. The number of fused-ring (bicyclic) bond motifs is 1. The number of pyridine rings is 1. The third kappa shape index (κ3) is 2.68. The molecule has 1 atom stereocenters. The van der Waals surface area contributed by atoms with E-state index in [1.54, 1.807) is 0 Å². The summed E-state index contributed by atoms with van der Waals surface area (Å²) in [6, 6.07) is 6.75. The molecular weight excluding hydrogens is 260 g/mol. The molecule has 1 saturated heterocycles. The van der Waals surface area contributed by atoms with E-state index in [1.807, 2.05) is 24.5 Å². The molecule has 0 radical (unpaired) electrons. The van der Waals surface area contributed by atoms with Crippen molar-refractivity contribution in [1.82, 2.24) is 9.88 Å². The van der Waals surface area contributed by atoms with Gasteiger partial charge in [0.2, 0.25) is 0 Å². The number of nitrogens with two attached hydrogens (primary N) is 1. The van der Waals surface area contributed by atoms with E-state index in [-0.39, 0.29) is 0 Å². The fourth-order valence-corrected chi connectivity index (χ4v) is 3.36. The Kier molecular flexibility index (Phi) is 3.97. The summed E-state index contributed by atoms with van der Waals surface area (Å²) < 4.78 is 0. The SMILES string of the molecule is CCC1CN(C)CCCN1c1ccc(N)c2ccncc12. The van der Waals surface area contributed by atoms with E-state index in [4.69, 9.17) is 5.73 Å². The molecule has 1 aromatic heterocycles. The van der Waals surface area contributed by atoms with Crippen molar-refractivity contribution in [3.8, 4) is 0 Å². The quantitative estimate of drug-likeness (QED) is 0.861. The van der Waals surface area contributed by atoms with Crippen LogP contribution in [0.3, 0.4) is 0 Å². The van der Waals surface area contributed by atoms with E-state index < -0.39 is 0 Å². The summed E-state index contributed by atoms with van der Waals surface area (Å²) in [4.78, 5) is 9.29. The normalized spacial score (nSPS) is 20.7. The molecule has 1 fully saturated rings. The van der Waals surface area contributed by atoms with Gasteiger partial charge in [0.1, 0.15) is 0 Å². The minimum absolute atomic E-state index is 0.546.